The van der Waals surface area contributed by atoms with Gasteiger partial charge in [-0.2, -0.15) is 4.31 Å². The number of benzene rings is 2. The van der Waals surface area contributed by atoms with Crippen molar-refractivity contribution in [1.82, 2.24) is 4.31 Å². The molecule has 5 heteroatoms. The molecule has 0 heterocycles. The summed E-state index contributed by atoms with van der Waals surface area (Å²) in [5.41, 5.74) is 2.20. The third kappa shape index (κ3) is 2.88. The van der Waals surface area contributed by atoms with Gasteiger partial charge in [0.05, 0.1) is 17.6 Å². The van der Waals surface area contributed by atoms with Gasteiger partial charge < -0.3 is 0 Å². The number of aryl methyl sites for hydroxylation is 1. The predicted molar refractivity (Wildman–Crippen MR) is 91.7 cm³/mol. The van der Waals surface area contributed by atoms with Crippen molar-refractivity contribution < 1.29 is 8.42 Å². The Morgan fingerprint density at radius 1 is 1.17 bits per heavy atom. The molecule has 3 rings (SSSR count). The van der Waals surface area contributed by atoms with E-state index in [2.05, 4.69) is 5.92 Å². The van der Waals surface area contributed by atoms with Crippen LogP contribution < -0.4 is 0 Å². The average molecular weight is 346 g/mol. The lowest BCUT2D eigenvalue weighted by molar-refractivity contribution is 0.352. The molecule has 1 aliphatic rings. The smallest absolute Gasteiger partial charge is 0.207 e. The fourth-order valence-electron chi connectivity index (χ4n) is 3.07. The highest BCUT2D eigenvalue weighted by molar-refractivity contribution is 7.89. The lowest BCUT2D eigenvalue weighted by atomic mass is 10.1. The van der Waals surface area contributed by atoms with Gasteiger partial charge in [0.2, 0.25) is 10.0 Å². The molecule has 2 aromatic carbocycles. The van der Waals surface area contributed by atoms with Crippen molar-refractivity contribution in [2.24, 2.45) is 0 Å². The summed E-state index contributed by atoms with van der Waals surface area (Å²) in [7, 11) is -3.76. The van der Waals surface area contributed by atoms with E-state index in [1.807, 2.05) is 24.3 Å². The van der Waals surface area contributed by atoms with Crippen molar-refractivity contribution in [3.63, 3.8) is 0 Å². The van der Waals surface area contributed by atoms with E-state index < -0.39 is 10.0 Å². The second-order valence-electron chi connectivity index (χ2n) is 5.44. The zero-order valence-electron chi connectivity index (χ0n) is 12.4. The summed E-state index contributed by atoms with van der Waals surface area (Å²) < 4.78 is 27.6. The molecule has 0 saturated carbocycles. The number of sulfonamides is 1. The Morgan fingerprint density at radius 3 is 2.61 bits per heavy atom. The minimum Gasteiger partial charge on any atom is -0.207 e. The lowest BCUT2D eigenvalue weighted by Gasteiger charge is -2.27. The van der Waals surface area contributed by atoms with Crippen molar-refractivity contribution in [3.05, 3.63) is 64.7 Å². The van der Waals surface area contributed by atoms with Gasteiger partial charge in [0.15, 0.2) is 0 Å². The fourth-order valence-corrected chi connectivity index (χ4v) is 5.11. The fraction of sp³-hybridized carbons (Fsp3) is 0.222. The highest BCUT2D eigenvalue weighted by Crippen LogP contribution is 2.39. The van der Waals surface area contributed by atoms with Crippen LogP contribution in [0, 0.1) is 12.3 Å². The van der Waals surface area contributed by atoms with Crippen molar-refractivity contribution >= 4 is 21.6 Å². The van der Waals surface area contributed by atoms with Gasteiger partial charge in [0.1, 0.15) is 4.90 Å². The van der Waals surface area contributed by atoms with E-state index in [0.29, 0.717) is 0 Å². The molecule has 118 valence electrons. The molecule has 0 amide bonds. The van der Waals surface area contributed by atoms with Gasteiger partial charge in [-0.1, -0.05) is 53.9 Å². The van der Waals surface area contributed by atoms with Gasteiger partial charge in [-0.15, -0.1) is 6.42 Å². The average Bonchev–Trinajstić information content (AvgIpc) is 2.96. The van der Waals surface area contributed by atoms with E-state index >= 15 is 0 Å². The number of halogens is 1. The van der Waals surface area contributed by atoms with E-state index in [4.69, 9.17) is 18.0 Å². The molecule has 0 fully saturated rings. The number of fused-ring (bicyclic) bond motifs is 1. The van der Waals surface area contributed by atoms with Crippen LogP contribution in [0.15, 0.2) is 53.4 Å². The summed E-state index contributed by atoms with van der Waals surface area (Å²) in [5.74, 6) is 2.47. The molecule has 0 bridgehead atoms. The molecule has 0 aliphatic heterocycles. The lowest BCUT2D eigenvalue weighted by Crippen LogP contribution is -2.34. The molecule has 0 aromatic heterocycles. The Bertz CT molecular complexity index is 871. The zero-order valence-corrected chi connectivity index (χ0v) is 14.0. The first-order chi connectivity index (χ1) is 11.1. The second kappa shape index (κ2) is 6.37. The normalized spacial score (nSPS) is 17.0. The van der Waals surface area contributed by atoms with Crippen LogP contribution in [-0.4, -0.2) is 19.3 Å². The molecule has 1 atom stereocenters. The first kappa shape index (κ1) is 16.1. The van der Waals surface area contributed by atoms with Crippen LogP contribution in [0.3, 0.4) is 0 Å². The second-order valence-corrected chi connectivity index (χ2v) is 7.70. The maximum Gasteiger partial charge on any atom is 0.245 e. The Labute approximate surface area is 141 Å². The topological polar surface area (TPSA) is 37.4 Å². The Hall–Kier alpha value is -1.80. The van der Waals surface area contributed by atoms with Gasteiger partial charge in [0, 0.05) is 0 Å². The highest BCUT2D eigenvalue weighted by Gasteiger charge is 2.36. The van der Waals surface area contributed by atoms with Crippen LogP contribution >= 0.6 is 11.6 Å². The van der Waals surface area contributed by atoms with E-state index in [0.717, 1.165) is 18.4 Å². The van der Waals surface area contributed by atoms with Gasteiger partial charge in [0.25, 0.3) is 0 Å². The van der Waals surface area contributed by atoms with Crippen LogP contribution in [0.1, 0.15) is 23.6 Å². The van der Waals surface area contributed by atoms with Gasteiger partial charge in [-0.3, -0.25) is 0 Å². The van der Waals surface area contributed by atoms with Gasteiger partial charge in [-0.05, 0) is 36.1 Å². The molecule has 0 N–H and O–H groups in total. The number of hydrogen-bond acceptors (Lipinski definition) is 2. The molecule has 1 unspecified atom stereocenters. The molecule has 0 radical (unpaired) electrons. The largest absolute Gasteiger partial charge is 0.245 e. The summed E-state index contributed by atoms with van der Waals surface area (Å²) >= 11 is 6.10. The molecular weight excluding hydrogens is 330 g/mol. The van der Waals surface area contributed by atoms with Crippen molar-refractivity contribution in [2.75, 3.05) is 6.54 Å². The van der Waals surface area contributed by atoms with Crippen LogP contribution in [0.25, 0.3) is 0 Å². The molecule has 2 aromatic rings. The first-order valence-electron chi connectivity index (χ1n) is 7.33. The van der Waals surface area contributed by atoms with E-state index in [1.54, 1.807) is 18.2 Å². The predicted octanol–water partition coefficient (Wildman–Crippen LogP) is 3.65. The first-order valence-corrected chi connectivity index (χ1v) is 9.15. The number of nitrogens with zero attached hydrogens (tertiary/aromatic N) is 1. The third-order valence-corrected chi connectivity index (χ3v) is 6.47. The maximum absolute atomic E-state index is 13.1. The summed E-state index contributed by atoms with van der Waals surface area (Å²) in [6, 6.07) is 14.1. The summed E-state index contributed by atoms with van der Waals surface area (Å²) in [5, 5.41) is 0.209. The quantitative estimate of drug-likeness (QED) is 0.793. The summed E-state index contributed by atoms with van der Waals surface area (Å²) in [4.78, 5) is 0.0984. The minimum atomic E-state index is -3.76. The summed E-state index contributed by atoms with van der Waals surface area (Å²) in [6.45, 7) is 0.0204. The number of terminal acetylenes is 1. The van der Waals surface area contributed by atoms with Crippen molar-refractivity contribution in [1.29, 1.82) is 0 Å². The molecule has 0 saturated heterocycles. The Morgan fingerprint density at radius 2 is 1.87 bits per heavy atom. The Kier molecular flexibility index (Phi) is 4.45. The molecule has 3 nitrogen and oxygen atoms in total. The number of hydrogen-bond donors (Lipinski definition) is 0. The van der Waals surface area contributed by atoms with Gasteiger partial charge >= 0.3 is 0 Å². The SMILES string of the molecule is C#CCN(C1CCc2ccccc21)S(=O)(=O)c1ccccc1Cl. The van der Waals surface area contributed by atoms with Crippen LogP contribution in [-0.2, 0) is 16.4 Å². The molecule has 0 spiro atoms. The molecular formula is C18H16ClNO2S. The van der Waals surface area contributed by atoms with Gasteiger partial charge in [-0.25, -0.2) is 8.42 Å². The van der Waals surface area contributed by atoms with E-state index in [1.165, 1.54) is 15.9 Å². The minimum absolute atomic E-state index is 0.0204. The number of rotatable bonds is 4. The van der Waals surface area contributed by atoms with Crippen molar-refractivity contribution in [2.45, 2.75) is 23.8 Å². The Balaban J connectivity index is 2.07. The standard InChI is InChI=1S/C18H16ClNO2S/c1-2-13-20(17-12-11-14-7-3-4-8-15(14)17)23(21,22)18-10-6-5-9-16(18)19/h1,3-10,17H,11-13H2. The van der Waals surface area contributed by atoms with E-state index in [-0.39, 0.29) is 22.5 Å². The third-order valence-electron chi connectivity index (χ3n) is 4.12. The van der Waals surface area contributed by atoms with Crippen molar-refractivity contribution in [3.8, 4) is 12.3 Å². The zero-order chi connectivity index (χ0) is 16.4. The van der Waals surface area contributed by atoms with Crippen LogP contribution in [0.5, 0.6) is 0 Å². The monoisotopic (exact) mass is 345 g/mol. The summed E-state index contributed by atoms with van der Waals surface area (Å²) in [6.07, 6.45) is 7.01. The van der Waals surface area contributed by atoms with E-state index in [9.17, 15) is 8.42 Å². The molecule has 23 heavy (non-hydrogen) atoms. The highest BCUT2D eigenvalue weighted by atomic mass is 35.5. The van der Waals surface area contributed by atoms with Crippen LogP contribution in [0.2, 0.25) is 5.02 Å². The maximum atomic E-state index is 13.1. The van der Waals surface area contributed by atoms with Crippen LogP contribution in [0.4, 0.5) is 0 Å². The molecule has 1 aliphatic carbocycles.